The highest BCUT2D eigenvalue weighted by atomic mass is 32.2. The summed E-state index contributed by atoms with van der Waals surface area (Å²) in [4.78, 5) is 0. The first kappa shape index (κ1) is 12.2. The van der Waals surface area contributed by atoms with Crippen molar-refractivity contribution in [2.75, 3.05) is 6.26 Å². The molecule has 1 saturated carbocycles. The zero-order valence-electron chi connectivity index (χ0n) is 9.90. The van der Waals surface area contributed by atoms with E-state index >= 15 is 0 Å². The lowest BCUT2D eigenvalue weighted by molar-refractivity contribution is 0.498. The molecule has 0 aliphatic heterocycles. The second-order valence-electron chi connectivity index (χ2n) is 4.34. The topological polar surface area (TPSA) is 33.6 Å². The van der Waals surface area contributed by atoms with Crippen molar-refractivity contribution in [3.05, 3.63) is 10.6 Å². The molecular formula is C11H19N3S2. The maximum absolute atomic E-state index is 5.36. The Morgan fingerprint density at radius 3 is 3.06 bits per heavy atom. The number of thioether (sulfide) groups is 1. The van der Waals surface area contributed by atoms with Gasteiger partial charge >= 0.3 is 0 Å². The van der Waals surface area contributed by atoms with Crippen molar-refractivity contribution >= 4 is 24.0 Å². The van der Waals surface area contributed by atoms with Crippen molar-refractivity contribution in [1.29, 1.82) is 0 Å². The molecule has 16 heavy (non-hydrogen) atoms. The van der Waals surface area contributed by atoms with Crippen LogP contribution in [0.1, 0.15) is 44.5 Å². The molecule has 5 heteroatoms. The van der Waals surface area contributed by atoms with Gasteiger partial charge in [0.05, 0.1) is 0 Å². The summed E-state index contributed by atoms with van der Waals surface area (Å²) in [7, 11) is 0. The molecule has 2 rings (SSSR count). The molecule has 3 nitrogen and oxygen atoms in total. The summed E-state index contributed by atoms with van der Waals surface area (Å²) in [6.45, 7) is 2.18. The van der Waals surface area contributed by atoms with Crippen LogP contribution in [-0.4, -0.2) is 26.3 Å². The highest BCUT2D eigenvalue weighted by Crippen LogP contribution is 2.38. The predicted octanol–water partition coefficient (Wildman–Crippen LogP) is 3.35. The van der Waals surface area contributed by atoms with Gasteiger partial charge in [-0.05, 0) is 37.7 Å². The molecule has 1 aliphatic carbocycles. The highest BCUT2D eigenvalue weighted by Gasteiger charge is 2.30. The predicted molar refractivity (Wildman–Crippen MR) is 71.6 cm³/mol. The van der Waals surface area contributed by atoms with Gasteiger partial charge in [0, 0.05) is 17.7 Å². The van der Waals surface area contributed by atoms with E-state index in [0.29, 0.717) is 11.3 Å². The van der Waals surface area contributed by atoms with Crippen LogP contribution in [0.4, 0.5) is 0 Å². The monoisotopic (exact) mass is 257 g/mol. The third-order valence-corrected chi connectivity index (χ3v) is 4.75. The fraction of sp³-hybridized carbons (Fsp3) is 0.818. The van der Waals surface area contributed by atoms with Crippen molar-refractivity contribution in [2.45, 2.75) is 50.3 Å². The van der Waals surface area contributed by atoms with Crippen molar-refractivity contribution in [3.63, 3.8) is 0 Å². The quantitative estimate of drug-likeness (QED) is 0.840. The van der Waals surface area contributed by atoms with Crippen LogP contribution in [0.2, 0.25) is 0 Å². The number of H-pyrrole nitrogens is 1. The molecule has 1 aliphatic rings. The summed E-state index contributed by atoms with van der Waals surface area (Å²) in [5, 5.41) is 8.01. The minimum Gasteiger partial charge on any atom is -0.300 e. The Morgan fingerprint density at radius 1 is 1.56 bits per heavy atom. The van der Waals surface area contributed by atoms with Crippen molar-refractivity contribution in [3.8, 4) is 0 Å². The largest absolute Gasteiger partial charge is 0.300 e. The van der Waals surface area contributed by atoms with Gasteiger partial charge in [0.25, 0.3) is 0 Å². The Labute approximate surface area is 106 Å². The maximum Gasteiger partial charge on any atom is 0.195 e. The number of aromatic amines is 1. The normalized spacial score (nSPS) is 25.1. The number of nitrogens with zero attached hydrogens (tertiary/aromatic N) is 2. The van der Waals surface area contributed by atoms with E-state index in [0.717, 1.165) is 23.4 Å². The van der Waals surface area contributed by atoms with Gasteiger partial charge in [-0.2, -0.15) is 16.9 Å². The van der Waals surface area contributed by atoms with Crippen LogP contribution in [0.3, 0.4) is 0 Å². The summed E-state index contributed by atoms with van der Waals surface area (Å²) < 4.78 is 3.07. The van der Waals surface area contributed by atoms with Gasteiger partial charge in [0.1, 0.15) is 5.82 Å². The van der Waals surface area contributed by atoms with Gasteiger partial charge < -0.3 is 0 Å². The molecule has 1 N–H and O–H groups in total. The Balaban J connectivity index is 2.31. The van der Waals surface area contributed by atoms with Crippen LogP contribution in [0.5, 0.6) is 0 Å². The maximum atomic E-state index is 5.36. The standard InChI is InChI=1S/C11H19N3S2/c1-3-5-10-12-13-11(15)14(10)8-6-4-7-9(8)16-2/h8-9H,3-7H2,1-2H3,(H,13,15). The van der Waals surface area contributed by atoms with Crippen LogP contribution in [0.25, 0.3) is 0 Å². The molecule has 2 atom stereocenters. The highest BCUT2D eigenvalue weighted by molar-refractivity contribution is 7.99. The van der Waals surface area contributed by atoms with Gasteiger partial charge in [-0.3, -0.25) is 9.67 Å². The number of hydrogen-bond donors (Lipinski definition) is 1. The molecule has 1 aromatic rings. The number of nitrogens with one attached hydrogen (secondary N) is 1. The molecule has 1 heterocycles. The number of aryl methyl sites for hydroxylation is 1. The number of hydrogen-bond acceptors (Lipinski definition) is 3. The fourth-order valence-electron chi connectivity index (χ4n) is 2.56. The second kappa shape index (κ2) is 5.36. The molecule has 0 bridgehead atoms. The average Bonchev–Trinajstić information content (AvgIpc) is 2.85. The Bertz CT molecular complexity index is 396. The summed E-state index contributed by atoms with van der Waals surface area (Å²) in [6.07, 6.45) is 8.21. The van der Waals surface area contributed by atoms with E-state index < -0.39 is 0 Å². The van der Waals surface area contributed by atoms with Crippen LogP contribution < -0.4 is 0 Å². The van der Waals surface area contributed by atoms with Crippen molar-refractivity contribution < 1.29 is 0 Å². The molecule has 0 radical (unpaired) electrons. The van der Waals surface area contributed by atoms with E-state index in [1.165, 1.54) is 19.3 Å². The first-order valence-electron chi connectivity index (χ1n) is 5.96. The molecule has 0 saturated heterocycles. The van der Waals surface area contributed by atoms with Gasteiger partial charge in [-0.15, -0.1) is 0 Å². The van der Waals surface area contributed by atoms with Crippen LogP contribution >= 0.6 is 24.0 Å². The van der Waals surface area contributed by atoms with E-state index in [9.17, 15) is 0 Å². The number of rotatable bonds is 4. The summed E-state index contributed by atoms with van der Waals surface area (Å²) in [5.41, 5.74) is 0. The minimum absolute atomic E-state index is 0.558. The molecule has 1 aromatic heterocycles. The summed E-state index contributed by atoms with van der Waals surface area (Å²) >= 11 is 7.33. The zero-order valence-corrected chi connectivity index (χ0v) is 11.5. The SMILES string of the molecule is CCCc1n[nH]c(=S)n1C1CCCC1SC. The zero-order chi connectivity index (χ0) is 11.5. The summed E-state index contributed by atoms with van der Waals surface area (Å²) in [5.74, 6) is 1.14. The van der Waals surface area contributed by atoms with E-state index in [1.54, 1.807) is 0 Å². The molecule has 90 valence electrons. The van der Waals surface area contributed by atoms with Crippen molar-refractivity contribution in [2.24, 2.45) is 0 Å². The molecule has 0 spiro atoms. The smallest absolute Gasteiger partial charge is 0.195 e. The van der Waals surface area contributed by atoms with Gasteiger partial charge in [0.2, 0.25) is 0 Å². The third-order valence-electron chi connectivity index (χ3n) is 3.30. The lowest BCUT2D eigenvalue weighted by atomic mass is 10.2. The van der Waals surface area contributed by atoms with Crippen LogP contribution in [0.15, 0.2) is 0 Å². The minimum atomic E-state index is 0.558. The Kier molecular flexibility index (Phi) is 4.08. The molecule has 1 fully saturated rings. The van der Waals surface area contributed by atoms with E-state index in [4.69, 9.17) is 12.2 Å². The van der Waals surface area contributed by atoms with Crippen LogP contribution in [0, 0.1) is 4.77 Å². The van der Waals surface area contributed by atoms with Crippen LogP contribution in [-0.2, 0) is 6.42 Å². The third kappa shape index (κ3) is 2.20. The van der Waals surface area contributed by atoms with E-state index in [1.807, 2.05) is 11.8 Å². The second-order valence-corrected chi connectivity index (χ2v) is 5.80. The molecule has 0 aromatic carbocycles. The summed E-state index contributed by atoms with van der Waals surface area (Å²) in [6, 6.07) is 0.558. The van der Waals surface area contributed by atoms with Crippen molar-refractivity contribution in [1.82, 2.24) is 14.8 Å². The number of aromatic nitrogens is 3. The first-order chi connectivity index (χ1) is 7.77. The van der Waals surface area contributed by atoms with E-state index in [2.05, 4.69) is 27.9 Å². The molecular weight excluding hydrogens is 238 g/mol. The molecule has 0 amide bonds. The van der Waals surface area contributed by atoms with Gasteiger partial charge in [-0.25, -0.2) is 0 Å². The lowest BCUT2D eigenvalue weighted by Gasteiger charge is -2.20. The lowest BCUT2D eigenvalue weighted by Crippen LogP contribution is -2.18. The first-order valence-corrected chi connectivity index (χ1v) is 7.66. The molecule has 2 unspecified atom stereocenters. The van der Waals surface area contributed by atoms with E-state index in [-0.39, 0.29) is 0 Å². The average molecular weight is 257 g/mol. The van der Waals surface area contributed by atoms with Gasteiger partial charge in [-0.1, -0.05) is 13.3 Å². The van der Waals surface area contributed by atoms with Gasteiger partial charge in [0.15, 0.2) is 4.77 Å². The Morgan fingerprint density at radius 2 is 2.38 bits per heavy atom. The fourth-order valence-corrected chi connectivity index (χ4v) is 3.82. The Hall–Kier alpha value is -0.290.